The van der Waals surface area contributed by atoms with Gasteiger partial charge in [0.05, 0.1) is 0 Å². The average molecular weight is 235 g/mol. The van der Waals surface area contributed by atoms with Crippen LogP contribution in [-0.2, 0) is 18.6 Å². The van der Waals surface area contributed by atoms with Crippen LogP contribution in [0.4, 0.5) is 0 Å². The van der Waals surface area contributed by atoms with Gasteiger partial charge in [0.25, 0.3) is 0 Å². The van der Waals surface area contributed by atoms with Gasteiger partial charge in [-0.25, -0.2) is 0 Å². The Morgan fingerprint density at radius 2 is 1.36 bits per heavy atom. The van der Waals surface area contributed by atoms with Gasteiger partial charge in [0.1, 0.15) is 0 Å². The van der Waals surface area contributed by atoms with E-state index in [9.17, 15) is 0 Å². The minimum Gasteiger partial charge on any atom is -0.665 e. The zero-order chi connectivity index (χ0) is 9.94. The maximum Gasteiger partial charge on any atom is 0 e. The third-order valence-electron chi connectivity index (χ3n) is 2.41. The number of hydrogen-bond acceptors (Lipinski definition) is 0. The Morgan fingerprint density at radius 1 is 0.857 bits per heavy atom. The van der Waals surface area contributed by atoms with Gasteiger partial charge in [-0.1, -0.05) is 58.8 Å². The second-order valence-electron chi connectivity index (χ2n) is 4.34. The smallest absolute Gasteiger partial charge is 0 e. The van der Waals surface area contributed by atoms with Gasteiger partial charge in [0, 0.05) is 18.6 Å². The zero-order valence-corrected chi connectivity index (χ0v) is 11.5. The van der Waals surface area contributed by atoms with E-state index in [4.69, 9.17) is 0 Å². The molecule has 1 nitrogen and oxygen atoms in total. The SMILES string of the molecule is C[N-]CCCCCCCCC(C)C.[V]. The van der Waals surface area contributed by atoms with E-state index in [0.717, 1.165) is 12.5 Å². The third-order valence-corrected chi connectivity index (χ3v) is 2.41. The molecule has 0 rings (SSSR count). The van der Waals surface area contributed by atoms with E-state index >= 15 is 0 Å². The molecule has 0 heterocycles. The van der Waals surface area contributed by atoms with Crippen molar-refractivity contribution >= 4 is 0 Å². The van der Waals surface area contributed by atoms with Crippen LogP contribution in [0.25, 0.3) is 5.32 Å². The molecule has 0 aliphatic heterocycles. The van der Waals surface area contributed by atoms with Crippen molar-refractivity contribution in [1.82, 2.24) is 0 Å². The maximum atomic E-state index is 4.09. The number of hydrogen-bond donors (Lipinski definition) is 0. The summed E-state index contributed by atoms with van der Waals surface area (Å²) in [6.07, 6.45) is 9.77. The molecule has 14 heavy (non-hydrogen) atoms. The summed E-state index contributed by atoms with van der Waals surface area (Å²) < 4.78 is 0. The molecule has 0 N–H and O–H groups in total. The van der Waals surface area contributed by atoms with Gasteiger partial charge < -0.3 is 5.32 Å². The van der Waals surface area contributed by atoms with Gasteiger partial charge in [0.2, 0.25) is 0 Å². The Bertz CT molecular complexity index is 94.3. The van der Waals surface area contributed by atoms with Crippen LogP contribution in [-0.4, -0.2) is 13.6 Å². The van der Waals surface area contributed by atoms with Crippen molar-refractivity contribution in [2.75, 3.05) is 13.6 Å². The van der Waals surface area contributed by atoms with Crippen LogP contribution in [0.5, 0.6) is 0 Å². The van der Waals surface area contributed by atoms with Crippen molar-refractivity contribution in [2.45, 2.75) is 58.8 Å². The fraction of sp³-hybridized carbons (Fsp3) is 1.00. The summed E-state index contributed by atoms with van der Waals surface area (Å²) in [5.41, 5.74) is 0. The monoisotopic (exact) mass is 235 g/mol. The van der Waals surface area contributed by atoms with Crippen LogP contribution in [0.15, 0.2) is 0 Å². The van der Waals surface area contributed by atoms with Crippen molar-refractivity contribution < 1.29 is 18.6 Å². The maximum absolute atomic E-state index is 4.09. The minimum atomic E-state index is 0. The largest absolute Gasteiger partial charge is 0.665 e. The molecule has 0 spiro atoms. The first-order valence-corrected chi connectivity index (χ1v) is 5.83. The molecule has 85 valence electrons. The quantitative estimate of drug-likeness (QED) is 0.527. The van der Waals surface area contributed by atoms with Crippen molar-refractivity contribution in [3.8, 4) is 0 Å². The summed E-state index contributed by atoms with van der Waals surface area (Å²) in [6, 6.07) is 0. The summed E-state index contributed by atoms with van der Waals surface area (Å²) in [5.74, 6) is 0.888. The van der Waals surface area contributed by atoms with Crippen LogP contribution >= 0.6 is 0 Å². The molecular weight excluding hydrogens is 209 g/mol. The third kappa shape index (κ3) is 15.0. The van der Waals surface area contributed by atoms with E-state index in [1.807, 2.05) is 7.05 Å². The Balaban J connectivity index is 0. The molecule has 2 heteroatoms. The minimum absolute atomic E-state index is 0. The summed E-state index contributed by atoms with van der Waals surface area (Å²) in [6.45, 7) is 5.68. The molecule has 0 aromatic heterocycles. The molecule has 0 amide bonds. The summed E-state index contributed by atoms with van der Waals surface area (Å²) >= 11 is 0. The van der Waals surface area contributed by atoms with Crippen LogP contribution < -0.4 is 0 Å². The Kier molecular flexibility index (Phi) is 16.4. The van der Waals surface area contributed by atoms with Crippen LogP contribution in [0, 0.1) is 5.92 Å². The molecule has 0 aliphatic carbocycles. The number of nitrogens with zero attached hydrogens (tertiary/aromatic N) is 1. The topological polar surface area (TPSA) is 14.1 Å². The van der Waals surface area contributed by atoms with E-state index in [1.165, 1.54) is 44.9 Å². The standard InChI is InChI=1S/C12H26N.V/c1-12(2)10-8-6-4-5-7-9-11-13-3;/h12H,4-11H2,1-3H3;/q-1;. The first kappa shape index (κ1) is 17.0. The summed E-state index contributed by atoms with van der Waals surface area (Å²) in [7, 11) is 1.91. The molecule has 1 radical (unpaired) electrons. The predicted molar refractivity (Wildman–Crippen MR) is 61.3 cm³/mol. The molecule has 0 aromatic rings. The molecule has 0 atom stereocenters. The molecule has 0 saturated carbocycles. The second kappa shape index (κ2) is 13.5. The molecule has 0 fully saturated rings. The van der Waals surface area contributed by atoms with Gasteiger partial charge >= 0.3 is 0 Å². The van der Waals surface area contributed by atoms with Crippen molar-refractivity contribution in [1.29, 1.82) is 0 Å². The Labute approximate surface area is 102 Å². The van der Waals surface area contributed by atoms with E-state index in [-0.39, 0.29) is 18.6 Å². The molecule has 0 saturated heterocycles. The molecule has 0 aromatic carbocycles. The number of rotatable bonds is 9. The van der Waals surface area contributed by atoms with Gasteiger partial charge in [-0.3, -0.25) is 0 Å². The van der Waals surface area contributed by atoms with E-state index in [1.54, 1.807) is 0 Å². The first-order chi connectivity index (χ1) is 6.27. The fourth-order valence-electron chi connectivity index (χ4n) is 1.53. The van der Waals surface area contributed by atoms with Gasteiger partial charge in [-0.15, -0.1) is 6.54 Å². The van der Waals surface area contributed by atoms with Crippen LogP contribution in [0.3, 0.4) is 0 Å². The van der Waals surface area contributed by atoms with E-state index in [0.29, 0.717) is 0 Å². The molecule has 0 aliphatic rings. The predicted octanol–water partition coefficient (Wildman–Crippen LogP) is 4.37. The van der Waals surface area contributed by atoms with Crippen LogP contribution in [0.1, 0.15) is 58.8 Å². The zero-order valence-electron chi connectivity index (χ0n) is 10.1. The second-order valence-corrected chi connectivity index (χ2v) is 4.34. The molecule has 0 unspecified atom stereocenters. The normalized spacial score (nSPS) is 10.3. The first-order valence-electron chi connectivity index (χ1n) is 5.83. The van der Waals surface area contributed by atoms with Crippen molar-refractivity contribution in [3.05, 3.63) is 5.32 Å². The van der Waals surface area contributed by atoms with Crippen LogP contribution in [0.2, 0.25) is 0 Å². The number of unbranched alkanes of at least 4 members (excludes halogenated alkanes) is 5. The van der Waals surface area contributed by atoms with E-state index in [2.05, 4.69) is 19.2 Å². The van der Waals surface area contributed by atoms with Gasteiger partial charge in [-0.05, 0) is 5.92 Å². The average Bonchev–Trinajstić information content (AvgIpc) is 2.09. The van der Waals surface area contributed by atoms with Crippen molar-refractivity contribution in [3.63, 3.8) is 0 Å². The molecular formula is C12H26NV-. The Morgan fingerprint density at radius 3 is 1.86 bits per heavy atom. The van der Waals surface area contributed by atoms with Gasteiger partial charge in [0.15, 0.2) is 0 Å². The Hall–Kier alpha value is 0.544. The van der Waals surface area contributed by atoms with E-state index < -0.39 is 0 Å². The molecule has 0 bridgehead atoms. The van der Waals surface area contributed by atoms with Gasteiger partial charge in [-0.2, -0.15) is 7.05 Å². The fourth-order valence-corrected chi connectivity index (χ4v) is 1.53. The summed E-state index contributed by atoms with van der Waals surface area (Å²) in [5, 5.41) is 4.09. The van der Waals surface area contributed by atoms with Crippen molar-refractivity contribution in [2.24, 2.45) is 5.92 Å². The summed E-state index contributed by atoms with van der Waals surface area (Å²) in [4.78, 5) is 0.